The van der Waals surface area contributed by atoms with E-state index >= 15 is 0 Å². The van der Waals surface area contributed by atoms with Gasteiger partial charge < -0.3 is 0 Å². The summed E-state index contributed by atoms with van der Waals surface area (Å²) in [6, 6.07) is 0. The van der Waals surface area contributed by atoms with E-state index in [-0.39, 0.29) is 0 Å². The first-order valence-corrected chi connectivity index (χ1v) is 3.74. The Morgan fingerprint density at radius 3 is 2.86 bits per heavy atom. The molecule has 0 amide bonds. The lowest BCUT2D eigenvalue weighted by atomic mass is 10.3. The molecule has 0 aromatic rings. The number of unbranched alkanes of at least 4 members (excludes halogenated alkanes) is 1. The molecule has 0 unspecified atom stereocenters. The highest BCUT2D eigenvalue weighted by atomic mass is 32.2. The monoisotopic (exact) mass is 115 g/mol. The number of hydrogen-bond donors (Lipinski definition) is 0. The smallest absolute Gasteiger partial charge is 0.0162 e. The van der Waals surface area contributed by atoms with Crippen LogP contribution in [-0.2, 0) is 0 Å². The molecule has 0 aliphatic heterocycles. The largest absolute Gasteiger partial charge is 0.129 e. The zero-order chi connectivity index (χ0) is 5.54. The first-order chi connectivity index (χ1) is 3.41. The second-order valence-corrected chi connectivity index (χ2v) is 1.96. The molecule has 1 heteroatoms. The molecule has 0 saturated carbocycles. The summed E-state index contributed by atoms with van der Waals surface area (Å²) in [7, 11) is 0. The van der Waals surface area contributed by atoms with Crippen molar-refractivity contribution in [2.45, 2.75) is 19.8 Å². The van der Waals surface area contributed by atoms with Crippen LogP contribution in [0.4, 0.5) is 0 Å². The number of rotatable bonds is 3. The second-order valence-electron chi connectivity index (χ2n) is 1.31. The van der Waals surface area contributed by atoms with Gasteiger partial charge in [-0.05, 0) is 12.7 Å². The van der Waals surface area contributed by atoms with Crippen LogP contribution in [0, 0.1) is 5.41 Å². The number of hydrogen-bond acceptors (Lipinski definition) is 1. The predicted molar refractivity (Wildman–Crippen MR) is 36.2 cm³/mol. The van der Waals surface area contributed by atoms with Gasteiger partial charge in [0.2, 0.25) is 0 Å². The van der Waals surface area contributed by atoms with E-state index in [9.17, 15) is 0 Å². The fraction of sp³-hybridized carbons (Fsp3) is 0.667. The summed E-state index contributed by atoms with van der Waals surface area (Å²) in [5, 5.41) is 3.04. The highest BCUT2D eigenvalue weighted by molar-refractivity contribution is 8.00. The summed E-state index contributed by atoms with van der Waals surface area (Å²) in [6.07, 6.45) is 6.49. The molecule has 0 aromatic carbocycles. The fourth-order valence-corrected chi connectivity index (χ4v) is 0.571. The summed E-state index contributed by atoms with van der Waals surface area (Å²) in [4.78, 5) is 0. The Hall–Kier alpha value is 0.0900. The maximum atomic E-state index is 3.04. The highest BCUT2D eigenvalue weighted by Crippen LogP contribution is 1.94. The van der Waals surface area contributed by atoms with Gasteiger partial charge in [0.15, 0.2) is 0 Å². The molecular weight excluding hydrogens is 104 g/mol. The molecule has 0 spiro atoms. The molecule has 0 rings (SSSR count). The zero-order valence-electron chi connectivity index (χ0n) is 4.90. The van der Waals surface area contributed by atoms with Gasteiger partial charge in [-0.3, -0.25) is 0 Å². The predicted octanol–water partition coefficient (Wildman–Crippen LogP) is 2.47. The highest BCUT2D eigenvalue weighted by Gasteiger charge is 1.69. The van der Waals surface area contributed by atoms with Crippen LogP contribution in [0.5, 0.6) is 0 Å². The quantitative estimate of drug-likeness (QED) is 0.544. The lowest BCUT2D eigenvalue weighted by molar-refractivity contribution is 0.959. The van der Waals surface area contributed by atoms with Crippen LogP contribution >= 0.6 is 11.8 Å². The molecule has 0 aliphatic rings. The molecule has 41 valence electrons. The standard InChI is InChI=1S/C6H11S/c1-3-4-5-6-7-2/h5H,3-4H2,1-2H3. The lowest BCUT2D eigenvalue weighted by Gasteiger charge is -1.78. The van der Waals surface area contributed by atoms with Gasteiger partial charge in [0.05, 0.1) is 0 Å². The maximum Gasteiger partial charge on any atom is 0.0162 e. The van der Waals surface area contributed by atoms with Crippen molar-refractivity contribution in [2.75, 3.05) is 6.26 Å². The van der Waals surface area contributed by atoms with E-state index in [0.29, 0.717) is 0 Å². The van der Waals surface area contributed by atoms with Crippen molar-refractivity contribution in [1.29, 1.82) is 0 Å². The van der Waals surface area contributed by atoms with E-state index in [1.165, 1.54) is 12.8 Å². The van der Waals surface area contributed by atoms with Crippen molar-refractivity contribution in [3.05, 3.63) is 11.5 Å². The van der Waals surface area contributed by atoms with Crippen LogP contribution in [0.25, 0.3) is 0 Å². The van der Waals surface area contributed by atoms with E-state index in [1.54, 1.807) is 11.8 Å². The Kier molecular flexibility index (Phi) is 6.17. The summed E-state index contributed by atoms with van der Waals surface area (Å²) < 4.78 is 0. The molecule has 0 aliphatic carbocycles. The Morgan fingerprint density at radius 2 is 2.43 bits per heavy atom. The van der Waals surface area contributed by atoms with Crippen molar-refractivity contribution in [3.63, 3.8) is 0 Å². The third-order valence-electron chi connectivity index (χ3n) is 0.634. The normalized spacial score (nSPS) is 10.6. The zero-order valence-corrected chi connectivity index (χ0v) is 5.72. The molecule has 1 radical (unpaired) electrons. The molecule has 7 heavy (non-hydrogen) atoms. The molecule has 0 bridgehead atoms. The van der Waals surface area contributed by atoms with Gasteiger partial charge >= 0.3 is 0 Å². The molecular formula is C6H11S. The average Bonchev–Trinajstić information content (AvgIpc) is 1.69. The van der Waals surface area contributed by atoms with Crippen LogP contribution in [0.1, 0.15) is 19.8 Å². The summed E-state index contributed by atoms with van der Waals surface area (Å²) in [5.41, 5.74) is 0. The molecule has 0 heterocycles. The summed E-state index contributed by atoms with van der Waals surface area (Å²) in [5.74, 6) is 0. The molecule has 0 atom stereocenters. The Labute approximate surface area is 50.0 Å². The Balaban J connectivity index is 2.78. The lowest BCUT2D eigenvalue weighted by Crippen LogP contribution is -1.57. The minimum Gasteiger partial charge on any atom is -0.129 e. The van der Waals surface area contributed by atoms with Crippen LogP contribution in [-0.4, -0.2) is 6.26 Å². The van der Waals surface area contributed by atoms with Gasteiger partial charge in [-0.15, -0.1) is 11.8 Å². The first-order valence-electron chi connectivity index (χ1n) is 2.52. The minimum atomic E-state index is 1.17. The second kappa shape index (κ2) is 6.09. The molecule has 0 nitrogen and oxygen atoms in total. The van der Waals surface area contributed by atoms with E-state index in [0.717, 1.165) is 0 Å². The van der Waals surface area contributed by atoms with Gasteiger partial charge in [0, 0.05) is 5.41 Å². The maximum absolute atomic E-state index is 3.04. The summed E-state index contributed by atoms with van der Waals surface area (Å²) in [6.45, 7) is 2.17. The van der Waals surface area contributed by atoms with Crippen molar-refractivity contribution in [2.24, 2.45) is 0 Å². The van der Waals surface area contributed by atoms with Gasteiger partial charge in [-0.2, -0.15) is 0 Å². The molecule has 0 aromatic heterocycles. The van der Waals surface area contributed by atoms with Crippen molar-refractivity contribution >= 4 is 11.8 Å². The Morgan fingerprint density at radius 1 is 1.71 bits per heavy atom. The first kappa shape index (κ1) is 7.09. The van der Waals surface area contributed by atoms with Gasteiger partial charge in [0.25, 0.3) is 0 Å². The van der Waals surface area contributed by atoms with Gasteiger partial charge in [0.1, 0.15) is 0 Å². The third kappa shape index (κ3) is 6.09. The van der Waals surface area contributed by atoms with Crippen molar-refractivity contribution < 1.29 is 0 Å². The number of allylic oxidation sites excluding steroid dienone is 1. The molecule has 0 fully saturated rings. The molecule has 0 N–H and O–H groups in total. The minimum absolute atomic E-state index is 1.17. The van der Waals surface area contributed by atoms with E-state index in [1.807, 2.05) is 6.26 Å². The van der Waals surface area contributed by atoms with Crippen molar-refractivity contribution in [3.8, 4) is 0 Å². The Bertz CT molecular complexity index is 48.1. The number of thioether (sulfide) groups is 1. The van der Waals surface area contributed by atoms with Crippen LogP contribution in [0.2, 0.25) is 0 Å². The van der Waals surface area contributed by atoms with Crippen LogP contribution in [0.15, 0.2) is 6.08 Å². The SMILES string of the molecule is CCC/C=[C]\SC. The van der Waals surface area contributed by atoms with Crippen LogP contribution in [0.3, 0.4) is 0 Å². The average molecular weight is 115 g/mol. The van der Waals surface area contributed by atoms with Crippen molar-refractivity contribution in [1.82, 2.24) is 0 Å². The van der Waals surface area contributed by atoms with Gasteiger partial charge in [-0.25, -0.2) is 0 Å². The topological polar surface area (TPSA) is 0 Å². The van der Waals surface area contributed by atoms with E-state index in [2.05, 4.69) is 18.4 Å². The molecule has 0 saturated heterocycles. The fourth-order valence-electron chi connectivity index (χ4n) is 0.287. The van der Waals surface area contributed by atoms with E-state index in [4.69, 9.17) is 0 Å². The van der Waals surface area contributed by atoms with Crippen LogP contribution < -0.4 is 0 Å². The van der Waals surface area contributed by atoms with E-state index < -0.39 is 0 Å². The third-order valence-corrected chi connectivity index (χ3v) is 1.04. The summed E-state index contributed by atoms with van der Waals surface area (Å²) >= 11 is 1.64. The van der Waals surface area contributed by atoms with Gasteiger partial charge in [-0.1, -0.05) is 19.4 Å².